The molecule has 3 aromatic rings. The lowest BCUT2D eigenvalue weighted by atomic mass is 9.90. The summed E-state index contributed by atoms with van der Waals surface area (Å²) in [6.45, 7) is 1.05. The van der Waals surface area contributed by atoms with Gasteiger partial charge in [-0.3, -0.25) is 4.90 Å². The minimum absolute atomic E-state index is 0.193. The first kappa shape index (κ1) is 17.7. The number of hydrogen-bond donors (Lipinski definition) is 0. The Hall–Kier alpha value is -3.33. The van der Waals surface area contributed by atoms with Crippen molar-refractivity contribution in [3.05, 3.63) is 47.3 Å². The van der Waals surface area contributed by atoms with E-state index in [4.69, 9.17) is 18.9 Å². The Morgan fingerprint density at radius 1 is 1.10 bits per heavy atom. The van der Waals surface area contributed by atoms with Gasteiger partial charge in [0.2, 0.25) is 12.5 Å². The fourth-order valence-electron chi connectivity index (χ4n) is 4.03. The van der Waals surface area contributed by atoms with Gasteiger partial charge in [0.15, 0.2) is 17.3 Å². The Balaban J connectivity index is 1.66. The molecule has 0 unspecified atom stereocenters. The van der Waals surface area contributed by atoms with Crippen LogP contribution in [0.2, 0.25) is 0 Å². The number of likely N-dealkylation sites (N-methyl/N-ethyl adjacent to an activating group) is 1. The molecule has 150 valence electrons. The monoisotopic (exact) mass is 395 g/mol. The molecule has 1 atom stereocenters. The van der Waals surface area contributed by atoms with Crippen molar-refractivity contribution in [2.45, 2.75) is 12.5 Å². The highest BCUT2D eigenvalue weighted by Crippen LogP contribution is 2.50. The van der Waals surface area contributed by atoms with Gasteiger partial charge in [0.05, 0.1) is 19.9 Å². The van der Waals surface area contributed by atoms with Gasteiger partial charge in [-0.05, 0) is 59.8 Å². The van der Waals surface area contributed by atoms with E-state index in [0.717, 1.165) is 41.3 Å². The highest BCUT2D eigenvalue weighted by atomic mass is 16.7. The Bertz CT molecular complexity index is 1050. The van der Waals surface area contributed by atoms with Crippen molar-refractivity contribution in [2.75, 3.05) is 34.6 Å². The number of methoxy groups -OCH3 is 2. The maximum Gasteiger partial charge on any atom is 0.231 e. The lowest BCUT2D eigenvalue weighted by Crippen LogP contribution is -2.35. The van der Waals surface area contributed by atoms with Crippen molar-refractivity contribution in [3.63, 3.8) is 0 Å². The molecule has 0 bridgehead atoms. The van der Waals surface area contributed by atoms with E-state index < -0.39 is 0 Å². The van der Waals surface area contributed by atoms with Crippen LogP contribution >= 0.6 is 0 Å². The highest BCUT2D eigenvalue weighted by Gasteiger charge is 2.37. The fraction of sp³-hybridized carbons (Fsp3) is 0.350. The van der Waals surface area contributed by atoms with Crippen LogP contribution in [0.1, 0.15) is 23.0 Å². The van der Waals surface area contributed by atoms with Crippen molar-refractivity contribution in [3.8, 4) is 28.7 Å². The van der Waals surface area contributed by atoms with Gasteiger partial charge >= 0.3 is 0 Å². The van der Waals surface area contributed by atoms with Gasteiger partial charge in [-0.25, -0.2) is 0 Å². The zero-order valence-electron chi connectivity index (χ0n) is 16.5. The van der Waals surface area contributed by atoms with Gasteiger partial charge < -0.3 is 18.9 Å². The second kappa shape index (κ2) is 6.93. The predicted octanol–water partition coefficient (Wildman–Crippen LogP) is 1.99. The van der Waals surface area contributed by atoms with Gasteiger partial charge in [0, 0.05) is 12.1 Å². The van der Waals surface area contributed by atoms with Gasteiger partial charge in [0.1, 0.15) is 11.8 Å². The SMILES string of the molecule is COc1ccc(-n2nnnc2[C@H]2c3c(cc4c(c3OC)OCO4)CCN2C)cc1. The summed E-state index contributed by atoms with van der Waals surface area (Å²) in [5, 5.41) is 12.6. The van der Waals surface area contributed by atoms with Gasteiger partial charge in [-0.15, -0.1) is 5.10 Å². The minimum Gasteiger partial charge on any atom is -0.497 e. The number of tetrazole rings is 1. The lowest BCUT2D eigenvalue weighted by Gasteiger charge is -2.34. The summed E-state index contributed by atoms with van der Waals surface area (Å²) in [7, 11) is 5.35. The molecule has 0 amide bonds. The summed E-state index contributed by atoms with van der Waals surface area (Å²) in [4.78, 5) is 2.22. The number of rotatable bonds is 4. The molecule has 2 aromatic carbocycles. The van der Waals surface area contributed by atoms with Gasteiger partial charge in [0.25, 0.3) is 0 Å². The summed E-state index contributed by atoms with van der Waals surface area (Å²) in [5.74, 6) is 3.51. The van der Waals surface area contributed by atoms with Gasteiger partial charge in [-0.2, -0.15) is 4.68 Å². The van der Waals surface area contributed by atoms with Crippen LogP contribution in [-0.4, -0.2) is 59.7 Å². The van der Waals surface area contributed by atoms with Crippen LogP contribution in [0.4, 0.5) is 0 Å². The molecule has 29 heavy (non-hydrogen) atoms. The van der Waals surface area contributed by atoms with Crippen LogP contribution in [0.25, 0.3) is 5.69 Å². The molecular weight excluding hydrogens is 374 g/mol. The van der Waals surface area contributed by atoms with E-state index in [9.17, 15) is 0 Å². The van der Waals surface area contributed by atoms with Crippen LogP contribution in [-0.2, 0) is 6.42 Å². The molecule has 0 aliphatic carbocycles. The maximum absolute atomic E-state index is 5.78. The van der Waals surface area contributed by atoms with Crippen LogP contribution < -0.4 is 18.9 Å². The Kier molecular flexibility index (Phi) is 4.24. The molecule has 3 heterocycles. The number of aromatic nitrogens is 4. The van der Waals surface area contributed by atoms with Crippen molar-refractivity contribution < 1.29 is 18.9 Å². The quantitative estimate of drug-likeness (QED) is 0.663. The van der Waals surface area contributed by atoms with E-state index in [-0.39, 0.29) is 12.8 Å². The van der Waals surface area contributed by atoms with Crippen LogP contribution in [0, 0.1) is 0 Å². The average molecular weight is 395 g/mol. The first-order valence-corrected chi connectivity index (χ1v) is 9.33. The molecule has 2 aliphatic heterocycles. The van der Waals surface area contributed by atoms with E-state index >= 15 is 0 Å². The number of hydrogen-bond acceptors (Lipinski definition) is 8. The smallest absolute Gasteiger partial charge is 0.231 e. The first-order chi connectivity index (χ1) is 14.2. The molecule has 1 aromatic heterocycles. The molecule has 0 saturated heterocycles. The summed E-state index contributed by atoms with van der Waals surface area (Å²) < 4.78 is 24.1. The third kappa shape index (κ3) is 2.77. The molecule has 0 radical (unpaired) electrons. The number of nitrogens with zero attached hydrogens (tertiary/aromatic N) is 5. The van der Waals surface area contributed by atoms with E-state index in [2.05, 4.69) is 27.5 Å². The van der Waals surface area contributed by atoms with Crippen LogP contribution in [0.15, 0.2) is 30.3 Å². The zero-order valence-corrected chi connectivity index (χ0v) is 16.5. The Morgan fingerprint density at radius 2 is 1.93 bits per heavy atom. The molecule has 9 heteroatoms. The molecular formula is C20H21N5O4. The molecule has 0 saturated carbocycles. The second-order valence-corrected chi connectivity index (χ2v) is 7.00. The largest absolute Gasteiger partial charge is 0.497 e. The van der Waals surface area contributed by atoms with Crippen molar-refractivity contribution >= 4 is 0 Å². The summed E-state index contributed by atoms with van der Waals surface area (Å²) in [6, 6.07) is 9.48. The Morgan fingerprint density at radius 3 is 2.69 bits per heavy atom. The summed E-state index contributed by atoms with van der Waals surface area (Å²) in [5.41, 5.74) is 3.01. The highest BCUT2D eigenvalue weighted by molar-refractivity contribution is 5.62. The van der Waals surface area contributed by atoms with Crippen molar-refractivity contribution in [1.29, 1.82) is 0 Å². The van der Waals surface area contributed by atoms with Crippen LogP contribution in [0.3, 0.4) is 0 Å². The molecule has 0 spiro atoms. The van der Waals surface area contributed by atoms with Crippen molar-refractivity contribution in [1.82, 2.24) is 25.1 Å². The summed E-state index contributed by atoms with van der Waals surface area (Å²) in [6.07, 6.45) is 0.874. The number of fused-ring (bicyclic) bond motifs is 2. The van der Waals surface area contributed by atoms with E-state index in [1.165, 1.54) is 0 Å². The standard InChI is InChI=1S/C20H21N5O4/c1-24-9-8-12-10-15-18(29-11-28-15)19(27-3)16(12)17(24)20-21-22-23-25(20)13-4-6-14(26-2)7-5-13/h4-7,10,17H,8-9,11H2,1-3H3/t17-/m1/s1. The third-order valence-corrected chi connectivity index (χ3v) is 5.45. The average Bonchev–Trinajstić information content (AvgIpc) is 3.42. The van der Waals surface area contributed by atoms with E-state index in [1.807, 2.05) is 30.3 Å². The molecule has 2 aliphatic rings. The first-order valence-electron chi connectivity index (χ1n) is 9.33. The molecule has 9 nitrogen and oxygen atoms in total. The number of ether oxygens (including phenoxy) is 4. The second-order valence-electron chi connectivity index (χ2n) is 7.00. The number of benzene rings is 2. The Labute approximate surface area is 167 Å². The zero-order chi connectivity index (χ0) is 20.0. The van der Waals surface area contributed by atoms with Crippen LogP contribution in [0.5, 0.6) is 23.0 Å². The summed E-state index contributed by atoms with van der Waals surface area (Å²) >= 11 is 0. The molecule has 0 N–H and O–H groups in total. The predicted molar refractivity (Wildman–Crippen MR) is 103 cm³/mol. The minimum atomic E-state index is -0.194. The lowest BCUT2D eigenvalue weighted by molar-refractivity contribution is 0.170. The van der Waals surface area contributed by atoms with E-state index in [1.54, 1.807) is 18.9 Å². The molecule has 0 fully saturated rings. The third-order valence-electron chi connectivity index (χ3n) is 5.45. The fourth-order valence-corrected chi connectivity index (χ4v) is 4.03. The van der Waals surface area contributed by atoms with E-state index in [0.29, 0.717) is 17.3 Å². The molecule has 5 rings (SSSR count). The maximum atomic E-state index is 5.78. The van der Waals surface area contributed by atoms with Gasteiger partial charge in [-0.1, -0.05) is 0 Å². The topological polar surface area (TPSA) is 83.8 Å². The van der Waals surface area contributed by atoms with Crippen molar-refractivity contribution in [2.24, 2.45) is 0 Å². The normalized spacial score (nSPS) is 17.8.